The van der Waals surface area contributed by atoms with Gasteiger partial charge in [0.05, 0.1) is 17.9 Å². The topological polar surface area (TPSA) is 49.8 Å². The van der Waals surface area contributed by atoms with Gasteiger partial charge < -0.3 is 14.7 Å². The summed E-state index contributed by atoms with van der Waals surface area (Å²) in [5.41, 5.74) is 3.74. The number of hydrogen-bond acceptors (Lipinski definition) is 4. The molecular formula is C27H30ClNO3S. The van der Waals surface area contributed by atoms with Crippen molar-refractivity contribution >= 4 is 35.0 Å². The SMILES string of the molecule is C=CCS[C@H]1CC[C@H]1CN1CC2(CCCc3cc(Cl)ccc32)COc2ccc(C(=O)O)cc21. The summed E-state index contributed by atoms with van der Waals surface area (Å²) < 4.78 is 6.43. The van der Waals surface area contributed by atoms with Crippen molar-refractivity contribution < 1.29 is 14.6 Å². The van der Waals surface area contributed by atoms with Gasteiger partial charge in [-0.25, -0.2) is 4.79 Å². The lowest BCUT2D eigenvalue weighted by Crippen LogP contribution is -2.49. The number of fused-ring (bicyclic) bond motifs is 3. The monoisotopic (exact) mass is 483 g/mol. The van der Waals surface area contributed by atoms with Gasteiger partial charge in [0, 0.05) is 34.5 Å². The number of carboxylic acid groups (broad SMARTS) is 1. The number of carbonyl (C=O) groups is 1. The number of rotatable bonds is 6. The zero-order chi connectivity index (χ0) is 23.0. The summed E-state index contributed by atoms with van der Waals surface area (Å²) in [5.74, 6) is 1.44. The molecule has 2 aliphatic carbocycles. The highest BCUT2D eigenvalue weighted by atomic mass is 35.5. The number of carboxylic acids is 1. The van der Waals surface area contributed by atoms with E-state index in [0.29, 0.717) is 23.3 Å². The van der Waals surface area contributed by atoms with E-state index in [9.17, 15) is 9.90 Å². The van der Waals surface area contributed by atoms with Gasteiger partial charge in [-0.2, -0.15) is 11.8 Å². The van der Waals surface area contributed by atoms with E-state index in [2.05, 4.69) is 23.6 Å². The van der Waals surface area contributed by atoms with E-state index >= 15 is 0 Å². The number of thioether (sulfide) groups is 1. The summed E-state index contributed by atoms with van der Waals surface area (Å²) >= 11 is 8.32. The second-order valence-electron chi connectivity index (χ2n) is 9.59. The van der Waals surface area contributed by atoms with E-state index in [0.717, 1.165) is 54.6 Å². The molecule has 1 spiro atoms. The van der Waals surface area contributed by atoms with Crippen LogP contribution in [0.5, 0.6) is 5.75 Å². The first-order valence-corrected chi connectivity index (χ1v) is 13.2. The third-order valence-corrected chi connectivity index (χ3v) is 9.23. The molecule has 33 heavy (non-hydrogen) atoms. The Hall–Kier alpha value is -2.11. The Balaban J connectivity index is 1.52. The van der Waals surface area contributed by atoms with Crippen LogP contribution < -0.4 is 9.64 Å². The minimum Gasteiger partial charge on any atom is -0.490 e. The molecule has 0 radical (unpaired) electrons. The zero-order valence-corrected chi connectivity index (χ0v) is 20.3. The van der Waals surface area contributed by atoms with Crippen molar-refractivity contribution in [3.05, 3.63) is 70.8 Å². The molecule has 0 saturated heterocycles. The van der Waals surface area contributed by atoms with Crippen LogP contribution >= 0.6 is 23.4 Å². The van der Waals surface area contributed by atoms with E-state index in [1.807, 2.05) is 30.0 Å². The number of aryl methyl sites for hydroxylation is 1. The average Bonchev–Trinajstić information content (AvgIpc) is 2.94. The van der Waals surface area contributed by atoms with Gasteiger partial charge in [-0.05, 0) is 79.5 Å². The minimum atomic E-state index is -0.905. The van der Waals surface area contributed by atoms with Crippen LogP contribution in [0.2, 0.25) is 5.02 Å². The highest BCUT2D eigenvalue weighted by Crippen LogP contribution is 2.46. The molecule has 1 saturated carbocycles. The molecule has 2 aromatic rings. The minimum absolute atomic E-state index is 0.131. The van der Waals surface area contributed by atoms with Gasteiger partial charge in [-0.3, -0.25) is 0 Å². The fourth-order valence-corrected chi connectivity index (χ4v) is 7.06. The van der Waals surface area contributed by atoms with Crippen LogP contribution in [0.3, 0.4) is 0 Å². The standard InChI is InChI=1S/C27H30ClNO3S/c1-2-12-33-25-10-6-20(25)15-29-16-27(11-3-4-18-13-21(28)7-8-22(18)27)17-32-24-9-5-19(26(30)31)14-23(24)29/h2,5,7-9,13-14,20,25H,1,3-4,6,10-12,15-17H2,(H,30,31)/t20-,25-,27?/m0/s1. The number of aromatic carboxylic acids is 1. The average molecular weight is 484 g/mol. The molecule has 0 amide bonds. The molecule has 1 aliphatic heterocycles. The van der Waals surface area contributed by atoms with Gasteiger partial charge in [-0.15, -0.1) is 6.58 Å². The molecule has 4 nitrogen and oxygen atoms in total. The Morgan fingerprint density at radius 3 is 2.94 bits per heavy atom. The third-order valence-electron chi connectivity index (χ3n) is 7.51. The van der Waals surface area contributed by atoms with Gasteiger partial charge in [-0.1, -0.05) is 23.7 Å². The zero-order valence-electron chi connectivity index (χ0n) is 18.8. The second-order valence-corrected chi connectivity index (χ2v) is 11.3. The molecule has 1 fully saturated rings. The summed E-state index contributed by atoms with van der Waals surface area (Å²) in [6, 6.07) is 11.6. The number of nitrogens with zero attached hydrogens (tertiary/aromatic N) is 1. The number of benzene rings is 2. The van der Waals surface area contributed by atoms with Crippen molar-refractivity contribution in [2.75, 3.05) is 30.3 Å². The fraction of sp³-hybridized carbons (Fsp3) is 0.444. The molecule has 0 aromatic heterocycles. The first kappa shape index (κ1) is 22.7. The molecular weight excluding hydrogens is 454 g/mol. The van der Waals surface area contributed by atoms with Crippen molar-refractivity contribution in [2.24, 2.45) is 5.92 Å². The molecule has 5 rings (SSSR count). The van der Waals surface area contributed by atoms with Crippen LogP contribution in [0, 0.1) is 5.92 Å². The smallest absolute Gasteiger partial charge is 0.335 e. The Labute approximate surface area is 205 Å². The van der Waals surface area contributed by atoms with Crippen molar-refractivity contribution in [3.63, 3.8) is 0 Å². The summed E-state index contributed by atoms with van der Waals surface area (Å²) in [5, 5.41) is 11.0. The van der Waals surface area contributed by atoms with E-state index in [1.165, 1.54) is 24.0 Å². The third kappa shape index (κ3) is 4.38. The highest BCUT2D eigenvalue weighted by Gasteiger charge is 2.43. The predicted octanol–water partition coefficient (Wildman–Crippen LogP) is 6.21. The molecule has 3 aliphatic rings. The molecule has 0 bridgehead atoms. The maximum Gasteiger partial charge on any atom is 0.335 e. The van der Waals surface area contributed by atoms with Crippen LogP contribution in [-0.4, -0.2) is 41.8 Å². The normalized spacial score (nSPS) is 25.9. The number of ether oxygens (including phenoxy) is 1. The molecule has 3 atom stereocenters. The molecule has 1 N–H and O–H groups in total. The van der Waals surface area contributed by atoms with Gasteiger partial charge in [0.15, 0.2) is 0 Å². The van der Waals surface area contributed by atoms with Gasteiger partial charge >= 0.3 is 5.97 Å². The van der Waals surface area contributed by atoms with Crippen molar-refractivity contribution in [2.45, 2.75) is 42.8 Å². The van der Waals surface area contributed by atoms with Crippen LogP contribution in [0.25, 0.3) is 0 Å². The Kier molecular flexibility index (Phi) is 6.37. The lowest BCUT2D eigenvalue weighted by atomic mass is 9.70. The predicted molar refractivity (Wildman–Crippen MR) is 136 cm³/mol. The summed E-state index contributed by atoms with van der Waals surface area (Å²) in [6.45, 7) is 6.21. The van der Waals surface area contributed by atoms with Crippen LogP contribution in [0.4, 0.5) is 5.69 Å². The maximum absolute atomic E-state index is 11.7. The number of hydrogen-bond donors (Lipinski definition) is 1. The molecule has 1 unspecified atom stereocenters. The first-order chi connectivity index (χ1) is 16.0. The number of anilines is 1. The van der Waals surface area contributed by atoms with E-state index in [4.69, 9.17) is 16.3 Å². The quantitative estimate of drug-likeness (QED) is 0.495. The summed E-state index contributed by atoms with van der Waals surface area (Å²) in [7, 11) is 0. The van der Waals surface area contributed by atoms with Crippen LogP contribution in [0.15, 0.2) is 49.1 Å². The van der Waals surface area contributed by atoms with Crippen molar-refractivity contribution in [3.8, 4) is 5.75 Å². The van der Waals surface area contributed by atoms with Crippen LogP contribution in [-0.2, 0) is 11.8 Å². The van der Waals surface area contributed by atoms with Gasteiger partial charge in [0.25, 0.3) is 0 Å². The van der Waals surface area contributed by atoms with E-state index in [1.54, 1.807) is 12.1 Å². The largest absolute Gasteiger partial charge is 0.490 e. The van der Waals surface area contributed by atoms with Gasteiger partial charge in [0.1, 0.15) is 5.75 Å². The fourth-order valence-electron chi connectivity index (χ4n) is 5.69. The maximum atomic E-state index is 11.7. The Morgan fingerprint density at radius 1 is 1.30 bits per heavy atom. The Bertz CT molecular complexity index is 1070. The number of halogens is 1. The van der Waals surface area contributed by atoms with Gasteiger partial charge in [0.2, 0.25) is 0 Å². The molecule has 1 heterocycles. The first-order valence-electron chi connectivity index (χ1n) is 11.8. The van der Waals surface area contributed by atoms with E-state index in [-0.39, 0.29) is 5.41 Å². The summed E-state index contributed by atoms with van der Waals surface area (Å²) in [6.07, 6.45) is 7.62. The Morgan fingerprint density at radius 2 is 2.18 bits per heavy atom. The lowest BCUT2D eigenvalue weighted by molar-refractivity contribution is 0.0697. The summed E-state index contributed by atoms with van der Waals surface area (Å²) in [4.78, 5) is 14.2. The van der Waals surface area contributed by atoms with Crippen molar-refractivity contribution in [1.82, 2.24) is 0 Å². The highest BCUT2D eigenvalue weighted by molar-refractivity contribution is 8.00. The molecule has 174 valence electrons. The molecule has 6 heteroatoms. The van der Waals surface area contributed by atoms with Crippen molar-refractivity contribution in [1.29, 1.82) is 0 Å². The van der Waals surface area contributed by atoms with Crippen LogP contribution in [0.1, 0.15) is 47.2 Å². The lowest BCUT2D eigenvalue weighted by Gasteiger charge is -2.44. The second kappa shape index (κ2) is 9.27. The van der Waals surface area contributed by atoms with E-state index < -0.39 is 5.97 Å². The molecule has 2 aromatic carbocycles.